The number of carbonyl (C=O) groups excluding carboxylic acids is 1. The monoisotopic (exact) mass is 694 g/mol. The van der Waals surface area contributed by atoms with Crippen LogP contribution in [-0.2, 0) is 47.5 Å². The van der Waals surface area contributed by atoms with Crippen LogP contribution in [0.25, 0.3) is 21.9 Å². The van der Waals surface area contributed by atoms with Gasteiger partial charge >= 0.3 is 0 Å². The average molecular weight is 695 g/mol. The molecule has 2 saturated heterocycles. The van der Waals surface area contributed by atoms with Crippen LogP contribution >= 0.6 is 11.6 Å². The van der Waals surface area contributed by atoms with Gasteiger partial charge in [-0.2, -0.15) is 0 Å². The Kier molecular flexibility index (Phi) is 9.41. The Morgan fingerprint density at radius 3 is 2.60 bits per heavy atom. The molecule has 0 radical (unpaired) electrons. The number of fused-ring (bicyclic) bond motifs is 1. The van der Waals surface area contributed by atoms with Crippen molar-refractivity contribution in [1.29, 1.82) is 0 Å². The van der Waals surface area contributed by atoms with Crippen LogP contribution in [-0.4, -0.2) is 94.3 Å². The molecule has 5 aromatic rings. The minimum atomic E-state index is -0.352. The third-order valence-electron chi connectivity index (χ3n) is 10.6. The van der Waals surface area contributed by atoms with Gasteiger partial charge < -0.3 is 24.8 Å². The lowest BCUT2D eigenvalue weighted by Crippen LogP contribution is -2.46. The van der Waals surface area contributed by atoms with Gasteiger partial charge in [0, 0.05) is 86.5 Å². The summed E-state index contributed by atoms with van der Waals surface area (Å²) >= 11 is 6.04. The molecule has 3 aliphatic heterocycles. The van der Waals surface area contributed by atoms with E-state index in [0.29, 0.717) is 48.8 Å². The highest BCUT2D eigenvalue weighted by molar-refractivity contribution is 6.30. The number of hydrogen-bond donors (Lipinski definition) is 2. The van der Waals surface area contributed by atoms with Crippen molar-refractivity contribution in [3.8, 4) is 0 Å². The van der Waals surface area contributed by atoms with Gasteiger partial charge in [-0.05, 0) is 60.0 Å². The van der Waals surface area contributed by atoms with E-state index in [4.69, 9.17) is 16.3 Å². The highest BCUT2D eigenvalue weighted by atomic mass is 35.5. The normalized spacial score (nSPS) is 19.8. The maximum absolute atomic E-state index is 14.4. The highest BCUT2D eigenvalue weighted by Gasteiger charge is 2.42. The number of para-hydroxylation sites is 1. The standard InChI is InChI=1S/C38H43ClN8O3/c39-30-7-5-27(6-8-30)22-41-35(48)21-29-24-46-25-38(9-12-44-13-10-40-11-14-44,26-47-34-4-2-1-3-33(34)42-43-47)32-20-28(19-31(36(32)46)37(29)49)23-45-15-17-50-18-16-45/h1-8,19-20,24,40H,9-18,21-23,25-26H2,(H,41,48). The Morgan fingerprint density at radius 2 is 1.78 bits per heavy atom. The van der Waals surface area contributed by atoms with E-state index in [0.717, 1.165) is 86.5 Å². The molecule has 0 bridgehead atoms. The Balaban J connectivity index is 1.18. The van der Waals surface area contributed by atoms with Crippen molar-refractivity contribution < 1.29 is 9.53 Å². The van der Waals surface area contributed by atoms with Crippen molar-refractivity contribution in [3.05, 3.63) is 104 Å². The van der Waals surface area contributed by atoms with Crippen LogP contribution in [0.3, 0.4) is 0 Å². The maximum atomic E-state index is 14.4. The van der Waals surface area contributed by atoms with Crippen molar-refractivity contribution in [2.75, 3.05) is 59.0 Å². The largest absolute Gasteiger partial charge is 0.379 e. The van der Waals surface area contributed by atoms with Gasteiger partial charge in [0.1, 0.15) is 5.52 Å². The first-order valence-electron chi connectivity index (χ1n) is 17.7. The molecule has 1 amide bonds. The molecule has 1 unspecified atom stereocenters. The third kappa shape index (κ3) is 6.80. The van der Waals surface area contributed by atoms with Gasteiger partial charge in [-0.3, -0.25) is 14.5 Å². The molecule has 0 spiro atoms. The van der Waals surface area contributed by atoms with Gasteiger partial charge in [0.25, 0.3) is 0 Å². The van der Waals surface area contributed by atoms with Gasteiger partial charge in [-0.1, -0.05) is 47.1 Å². The number of nitrogens with one attached hydrogen (secondary N) is 2. The van der Waals surface area contributed by atoms with E-state index in [9.17, 15) is 9.59 Å². The zero-order valence-electron chi connectivity index (χ0n) is 28.2. The minimum absolute atomic E-state index is 0.00682. The van der Waals surface area contributed by atoms with Crippen molar-refractivity contribution in [2.45, 2.75) is 44.4 Å². The van der Waals surface area contributed by atoms with Crippen molar-refractivity contribution in [1.82, 2.24) is 40.0 Å². The fourth-order valence-electron chi connectivity index (χ4n) is 7.93. The van der Waals surface area contributed by atoms with Gasteiger partial charge in [-0.15, -0.1) is 5.10 Å². The lowest BCUT2D eigenvalue weighted by molar-refractivity contribution is -0.120. The van der Waals surface area contributed by atoms with E-state index in [1.54, 1.807) is 0 Å². The summed E-state index contributed by atoms with van der Waals surface area (Å²) < 4.78 is 9.92. The summed E-state index contributed by atoms with van der Waals surface area (Å²) in [6.07, 6.45) is 2.83. The molecule has 11 nitrogen and oxygen atoms in total. The second-order valence-corrected chi connectivity index (χ2v) is 14.4. The number of nitrogens with zero attached hydrogens (tertiary/aromatic N) is 6. The number of carbonyl (C=O) groups is 1. The lowest BCUT2D eigenvalue weighted by atomic mass is 9.77. The van der Waals surface area contributed by atoms with E-state index in [2.05, 4.69) is 53.5 Å². The van der Waals surface area contributed by atoms with Crippen LogP contribution in [0.1, 0.15) is 28.7 Å². The quantitative estimate of drug-likeness (QED) is 0.217. The summed E-state index contributed by atoms with van der Waals surface area (Å²) in [5.74, 6) is -0.189. The van der Waals surface area contributed by atoms with Crippen LogP contribution in [0.15, 0.2) is 71.7 Å². The van der Waals surface area contributed by atoms with E-state index in [-0.39, 0.29) is 23.2 Å². The molecular weight excluding hydrogens is 652 g/mol. The summed E-state index contributed by atoms with van der Waals surface area (Å²) in [5.41, 5.74) is 6.15. The van der Waals surface area contributed by atoms with Crippen molar-refractivity contribution in [2.24, 2.45) is 0 Å². The Morgan fingerprint density at radius 1 is 0.980 bits per heavy atom. The molecule has 2 N–H and O–H groups in total. The van der Waals surface area contributed by atoms with Gasteiger partial charge in [0.05, 0.1) is 37.2 Å². The Labute approximate surface area is 296 Å². The number of ether oxygens (including phenoxy) is 1. The second kappa shape index (κ2) is 14.2. The lowest BCUT2D eigenvalue weighted by Gasteiger charge is -2.35. The maximum Gasteiger partial charge on any atom is 0.224 e. The number of aromatic nitrogens is 4. The van der Waals surface area contributed by atoms with Gasteiger partial charge in [0.2, 0.25) is 5.91 Å². The molecule has 0 saturated carbocycles. The average Bonchev–Trinajstić information content (AvgIpc) is 3.68. The number of morpholine rings is 1. The molecule has 3 aliphatic rings. The molecule has 8 rings (SSSR count). The molecule has 5 heterocycles. The van der Waals surface area contributed by atoms with E-state index >= 15 is 0 Å². The molecule has 260 valence electrons. The molecule has 12 heteroatoms. The summed E-state index contributed by atoms with van der Waals surface area (Å²) in [6.45, 7) is 10.4. The van der Waals surface area contributed by atoms with Crippen molar-refractivity contribution in [3.63, 3.8) is 0 Å². The molecule has 3 aromatic carbocycles. The molecule has 2 aromatic heterocycles. The summed E-state index contributed by atoms with van der Waals surface area (Å²) in [6, 6.07) is 19.9. The number of rotatable bonds is 11. The predicted octanol–water partition coefficient (Wildman–Crippen LogP) is 3.34. The number of amides is 1. The topological polar surface area (TPSA) is 110 Å². The fourth-order valence-corrected chi connectivity index (χ4v) is 8.06. The first-order chi connectivity index (χ1) is 24.4. The number of piperazine rings is 1. The minimum Gasteiger partial charge on any atom is -0.379 e. The van der Waals surface area contributed by atoms with Crippen LogP contribution in [0.4, 0.5) is 0 Å². The highest BCUT2D eigenvalue weighted by Crippen LogP contribution is 2.43. The summed E-state index contributed by atoms with van der Waals surface area (Å²) in [5, 5.41) is 17.0. The van der Waals surface area contributed by atoms with E-state index < -0.39 is 0 Å². The predicted molar refractivity (Wildman–Crippen MR) is 194 cm³/mol. The van der Waals surface area contributed by atoms with Crippen LogP contribution in [0.2, 0.25) is 5.02 Å². The number of pyridine rings is 1. The first-order valence-corrected chi connectivity index (χ1v) is 18.0. The zero-order valence-corrected chi connectivity index (χ0v) is 29.0. The van der Waals surface area contributed by atoms with Crippen molar-refractivity contribution >= 4 is 39.4 Å². The van der Waals surface area contributed by atoms with Crippen LogP contribution < -0.4 is 16.1 Å². The van der Waals surface area contributed by atoms with Gasteiger partial charge in [0.15, 0.2) is 5.43 Å². The second-order valence-electron chi connectivity index (χ2n) is 14.0. The number of hydrogen-bond acceptors (Lipinski definition) is 8. The van der Waals surface area contributed by atoms with Crippen LogP contribution in [0.5, 0.6) is 0 Å². The number of benzene rings is 3. The molecular formula is C38H43ClN8O3. The van der Waals surface area contributed by atoms with Crippen LogP contribution in [0, 0.1) is 0 Å². The molecule has 1 atom stereocenters. The molecule has 50 heavy (non-hydrogen) atoms. The Hall–Kier alpha value is -4.13. The Bertz CT molecular complexity index is 2070. The third-order valence-corrected chi connectivity index (χ3v) is 10.9. The first kappa shape index (κ1) is 33.0. The van der Waals surface area contributed by atoms with Gasteiger partial charge in [-0.25, -0.2) is 4.68 Å². The zero-order chi connectivity index (χ0) is 34.1. The number of halogens is 1. The van der Waals surface area contributed by atoms with E-state index in [1.807, 2.05) is 53.3 Å². The summed E-state index contributed by atoms with van der Waals surface area (Å²) in [7, 11) is 0. The smallest absolute Gasteiger partial charge is 0.224 e. The molecule has 2 fully saturated rings. The summed E-state index contributed by atoms with van der Waals surface area (Å²) in [4.78, 5) is 32.6. The van der Waals surface area contributed by atoms with E-state index in [1.165, 1.54) is 5.56 Å². The SMILES string of the molecule is O=C(Cc1cn2c3c(cc(CN4CCOCC4)cc3c1=O)C(CCN1CCNCC1)(Cn1nnc3ccccc31)C2)NCc1ccc(Cl)cc1. The molecule has 0 aliphatic carbocycles. The fraction of sp³-hybridized carbons (Fsp3) is 0.421.